The number of rotatable bonds is 2. The van der Waals surface area contributed by atoms with E-state index in [-0.39, 0.29) is 30.5 Å². The zero-order valence-corrected chi connectivity index (χ0v) is 13.0. The highest BCUT2D eigenvalue weighted by atomic mass is 16.5. The molecule has 5 atom stereocenters. The molecule has 1 fully saturated rings. The molecule has 130 valence electrons. The van der Waals surface area contributed by atoms with Crippen LogP contribution in [0.2, 0.25) is 0 Å². The van der Waals surface area contributed by atoms with Crippen LogP contribution in [0.25, 0.3) is 11.2 Å². The molecule has 0 spiro atoms. The number of hydrogen-bond donors (Lipinski definition) is 4. The summed E-state index contributed by atoms with van der Waals surface area (Å²) in [5, 5.41) is 32.3. The van der Waals surface area contributed by atoms with Gasteiger partial charge in [0.05, 0.1) is 19.0 Å². The van der Waals surface area contributed by atoms with Gasteiger partial charge >= 0.3 is 0 Å². The summed E-state index contributed by atoms with van der Waals surface area (Å²) in [7, 11) is 0. The number of aliphatic hydroxyl groups excluding tert-OH is 3. The van der Waals surface area contributed by atoms with Crippen molar-refractivity contribution in [1.82, 2.24) is 19.1 Å². The van der Waals surface area contributed by atoms with Gasteiger partial charge in [0.15, 0.2) is 11.2 Å². The molecule has 4 N–H and O–H groups in total. The third-order valence-electron chi connectivity index (χ3n) is 4.56. The molecule has 10 heteroatoms. The second kappa shape index (κ2) is 5.52. The third kappa shape index (κ3) is 2.22. The van der Waals surface area contributed by atoms with Crippen molar-refractivity contribution in [3.05, 3.63) is 16.7 Å². The molecule has 2 aliphatic heterocycles. The highest BCUT2D eigenvalue weighted by Gasteiger charge is 2.36. The Bertz CT molecular complexity index is 833. The molecule has 4 rings (SSSR count). The van der Waals surface area contributed by atoms with Gasteiger partial charge in [-0.2, -0.15) is 4.98 Å². The molecule has 2 aromatic rings. The summed E-state index contributed by atoms with van der Waals surface area (Å²) in [6.07, 6.45) is -0.891. The van der Waals surface area contributed by atoms with Crippen molar-refractivity contribution in [2.24, 2.45) is 0 Å². The summed E-state index contributed by atoms with van der Waals surface area (Å²) >= 11 is 0. The number of aromatic nitrogens is 4. The number of anilines is 1. The summed E-state index contributed by atoms with van der Waals surface area (Å²) in [5.41, 5.74) is 0.00781. The zero-order valence-electron chi connectivity index (χ0n) is 13.0. The molecule has 0 amide bonds. The molecule has 0 aliphatic carbocycles. The number of aliphatic hydroxyl groups is 3. The first kappa shape index (κ1) is 15.5. The van der Waals surface area contributed by atoms with Gasteiger partial charge in [0, 0.05) is 18.9 Å². The molecule has 0 saturated carbocycles. The topological polar surface area (TPSA) is 135 Å². The minimum absolute atomic E-state index is 0.0240. The maximum atomic E-state index is 12.6. The fraction of sp³-hybridized carbons (Fsp3) is 0.643. The zero-order chi connectivity index (χ0) is 17.0. The maximum Gasteiger partial charge on any atom is 0.285 e. The normalized spacial score (nSPS) is 32.8. The first-order valence-corrected chi connectivity index (χ1v) is 7.87. The smallest absolute Gasteiger partial charge is 0.285 e. The van der Waals surface area contributed by atoms with Gasteiger partial charge in [-0.15, -0.1) is 0 Å². The Kier molecular flexibility index (Phi) is 3.57. The van der Waals surface area contributed by atoms with E-state index >= 15 is 0 Å². The standard InChI is InChI=1S/C14H19N5O5/c1-6-2-9(22)19-13(23)11-12(17-14(19)16-6)18(5-15-11)10-3-7(21)8(4-20)24-10/h5-10,20-22H,2-4H2,1H3,(H,16,17)/t6?,7-,8+,9?,10+/m0/s1. The molecule has 2 aliphatic rings. The Hall–Kier alpha value is -2.01. The summed E-state index contributed by atoms with van der Waals surface area (Å²) in [4.78, 5) is 21.2. The Labute approximate surface area is 136 Å². The van der Waals surface area contributed by atoms with Crippen LogP contribution >= 0.6 is 0 Å². The van der Waals surface area contributed by atoms with Crippen molar-refractivity contribution in [3.8, 4) is 0 Å². The highest BCUT2D eigenvalue weighted by molar-refractivity contribution is 5.71. The van der Waals surface area contributed by atoms with E-state index < -0.39 is 30.2 Å². The molecule has 10 nitrogen and oxygen atoms in total. The first-order valence-electron chi connectivity index (χ1n) is 7.87. The van der Waals surface area contributed by atoms with Crippen LogP contribution in [0, 0.1) is 0 Å². The van der Waals surface area contributed by atoms with Gasteiger partial charge in [0.2, 0.25) is 5.95 Å². The molecule has 2 unspecified atom stereocenters. The van der Waals surface area contributed by atoms with Gasteiger partial charge in [-0.25, -0.2) is 9.55 Å². The van der Waals surface area contributed by atoms with E-state index in [0.717, 1.165) is 0 Å². The second-order valence-electron chi connectivity index (χ2n) is 6.31. The van der Waals surface area contributed by atoms with Crippen LogP contribution in [0.4, 0.5) is 5.95 Å². The number of fused-ring (bicyclic) bond motifs is 2. The lowest BCUT2D eigenvalue weighted by Gasteiger charge is -2.28. The monoisotopic (exact) mass is 337 g/mol. The van der Waals surface area contributed by atoms with Crippen LogP contribution in [0.3, 0.4) is 0 Å². The fourth-order valence-corrected chi connectivity index (χ4v) is 3.32. The molecule has 0 bridgehead atoms. The van der Waals surface area contributed by atoms with Crippen molar-refractivity contribution < 1.29 is 20.1 Å². The number of ether oxygens (including phenoxy) is 1. The van der Waals surface area contributed by atoms with E-state index in [1.54, 1.807) is 4.57 Å². The summed E-state index contributed by atoms with van der Waals surface area (Å²) in [5.74, 6) is 0.276. The van der Waals surface area contributed by atoms with Gasteiger partial charge in [-0.3, -0.25) is 9.36 Å². The van der Waals surface area contributed by atoms with Crippen molar-refractivity contribution in [2.75, 3.05) is 11.9 Å². The van der Waals surface area contributed by atoms with Crippen LogP contribution in [0.5, 0.6) is 0 Å². The molecule has 4 heterocycles. The molecule has 2 aromatic heterocycles. The van der Waals surface area contributed by atoms with Gasteiger partial charge in [-0.05, 0) is 6.92 Å². The van der Waals surface area contributed by atoms with E-state index in [1.807, 2.05) is 6.92 Å². The highest BCUT2D eigenvalue weighted by Crippen LogP contribution is 2.31. The summed E-state index contributed by atoms with van der Waals surface area (Å²) in [6.45, 7) is 1.60. The average Bonchev–Trinajstić information content (AvgIpc) is 3.09. The molecular formula is C14H19N5O5. The van der Waals surface area contributed by atoms with E-state index in [1.165, 1.54) is 10.9 Å². The number of hydrogen-bond acceptors (Lipinski definition) is 8. The molecule has 0 radical (unpaired) electrons. The Morgan fingerprint density at radius 1 is 1.42 bits per heavy atom. The third-order valence-corrected chi connectivity index (χ3v) is 4.56. The van der Waals surface area contributed by atoms with Crippen LogP contribution in [-0.2, 0) is 4.74 Å². The average molecular weight is 337 g/mol. The van der Waals surface area contributed by atoms with E-state index in [4.69, 9.17) is 4.74 Å². The lowest BCUT2D eigenvalue weighted by Crippen LogP contribution is -2.38. The van der Waals surface area contributed by atoms with Gasteiger partial charge in [0.1, 0.15) is 18.6 Å². The van der Waals surface area contributed by atoms with Crippen molar-refractivity contribution >= 4 is 17.1 Å². The predicted molar refractivity (Wildman–Crippen MR) is 82.4 cm³/mol. The minimum Gasteiger partial charge on any atom is -0.394 e. The molecule has 24 heavy (non-hydrogen) atoms. The number of nitrogens with zero attached hydrogens (tertiary/aromatic N) is 4. The SMILES string of the molecule is CC1CC(O)n2c(nc3c(ncn3[C@H]3C[C@H](O)[C@@H](CO)O3)c2=O)N1. The summed E-state index contributed by atoms with van der Waals surface area (Å²) < 4.78 is 8.37. The minimum atomic E-state index is -0.950. The van der Waals surface area contributed by atoms with Crippen LogP contribution in [0.15, 0.2) is 11.1 Å². The molecular weight excluding hydrogens is 318 g/mol. The first-order chi connectivity index (χ1) is 11.5. The van der Waals surface area contributed by atoms with Crippen molar-refractivity contribution in [1.29, 1.82) is 0 Å². The lowest BCUT2D eigenvalue weighted by molar-refractivity contribution is -0.0432. The van der Waals surface area contributed by atoms with Crippen LogP contribution in [-0.4, -0.2) is 59.3 Å². The Morgan fingerprint density at radius 2 is 2.21 bits per heavy atom. The van der Waals surface area contributed by atoms with E-state index in [2.05, 4.69) is 15.3 Å². The van der Waals surface area contributed by atoms with E-state index in [0.29, 0.717) is 12.1 Å². The summed E-state index contributed by atoms with van der Waals surface area (Å²) in [6, 6.07) is -0.0240. The lowest BCUT2D eigenvalue weighted by atomic mass is 10.2. The predicted octanol–water partition coefficient (Wildman–Crippen LogP) is -1.07. The van der Waals surface area contributed by atoms with Crippen LogP contribution < -0.4 is 10.9 Å². The quantitative estimate of drug-likeness (QED) is 0.544. The van der Waals surface area contributed by atoms with Gasteiger partial charge in [-0.1, -0.05) is 0 Å². The van der Waals surface area contributed by atoms with Crippen LogP contribution in [0.1, 0.15) is 32.2 Å². The Balaban J connectivity index is 1.82. The van der Waals surface area contributed by atoms with Gasteiger partial charge in [0.25, 0.3) is 5.56 Å². The fourth-order valence-electron chi connectivity index (χ4n) is 3.32. The number of nitrogens with one attached hydrogen (secondary N) is 1. The second-order valence-corrected chi connectivity index (χ2v) is 6.31. The molecule has 0 aromatic carbocycles. The van der Waals surface area contributed by atoms with Crippen molar-refractivity contribution in [2.45, 2.75) is 50.5 Å². The van der Waals surface area contributed by atoms with Crippen molar-refractivity contribution in [3.63, 3.8) is 0 Å². The van der Waals surface area contributed by atoms with E-state index in [9.17, 15) is 20.1 Å². The largest absolute Gasteiger partial charge is 0.394 e. The maximum absolute atomic E-state index is 12.6. The Morgan fingerprint density at radius 3 is 2.92 bits per heavy atom. The van der Waals surface area contributed by atoms with Gasteiger partial charge < -0.3 is 25.4 Å². The number of imidazole rings is 1. The molecule has 1 saturated heterocycles.